The molecule has 2 bridgehead atoms. The van der Waals surface area contributed by atoms with E-state index in [-0.39, 0.29) is 5.41 Å². The molecular formula is C11H19NO4. The van der Waals surface area contributed by atoms with E-state index in [0.717, 1.165) is 6.42 Å². The van der Waals surface area contributed by atoms with Crippen LogP contribution in [0.25, 0.3) is 0 Å². The van der Waals surface area contributed by atoms with Crippen LogP contribution in [0.15, 0.2) is 0 Å². The zero-order valence-electron chi connectivity index (χ0n) is 9.44. The quantitative estimate of drug-likeness (QED) is 0.538. The lowest BCUT2D eigenvalue weighted by molar-refractivity contribution is -0.140. The van der Waals surface area contributed by atoms with Crippen LogP contribution in [0.5, 0.6) is 0 Å². The molecule has 2 rings (SSSR count). The number of fused-ring (bicyclic) bond motifs is 2. The standard InChI is InChI=1S/C11H19NO4/c1-9(15)5-10(4-7(12)8(13)14)2-3-11(9,16)6-10/h7,15-16H,2-6,12H2,1H3,(H,13,14)/t7-,9?,10?,11?/m0/s1. The molecule has 0 aromatic rings. The minimum Gasteiger partial charge on any atom is -0.480 e. The largest absolute Gasteiger partial charge is 0.480 e. The van der Waals surface area contributed by atoms with Crippen LogP contribution in [0.3, 0.4) is 0 Å². The van der Waals surface area contributed by atoms with Gasteiger partial charge in [0.2, 0.25) is 0 Å². The number of carboxylic acids is 1. The molecule has 5 N–H and O–H groups in total. The Labute approximate surface area is 94.3 Å². The van der Waals surface area contributed by atoms with Gasteiger partial charge < -0.3 is 21.1 Å². The summed E-state index contributed by atoms with van der Waals surface area (Å²) in [4.78, 5) is 10.7. The van der Waals surface area contributed by atoms with Gasteiger partial charge in [-0.15, -0.1) is 0 Å². The van der Waals surface area contributed by atoms with E-state index in [1.165, 1.54) is 0 Å². The van der Waals surface area contributed by atoms with E-state index >= 15 is 0 Å². The summed E-state index contributed by atoms with van der Waals surface area (Å²) in [6.07, 6.45) is 2.53. The second-order valence-corrected chi connectivity index (χ2v) is 5.81. The molecule has 0 aromatic heterocycles. The highest BCUT2D eigenvalue weighted by atomic mass is 16.4. The lowest BCUT2D eigenvalue weighted by atomic mass is 9.74. The molecule has 0 spiro atoms. The summed E-state index contributed by atoms with van der Waals surface area (Å²) in [6.45, 7) is 1.63. The molecule has 0 aliphatic heterocycles. The van der Waals surface area contributed by atoms with E-state index in [1.807, 2.05) is 0 Å². The normalized spacial score (nSPS) is 48.2. The summed E-state index contributed by atoms with van der Waals surface area (Å²) in [5.74, 6) is -1.02. The van der Waals surface area contributed by atoms with Crippen molar-refractivity contribution < 1.29 is 20.1 Å². The van der Waals surface area contributed by atoms with Crippen LogP contribution < -0.4 is 5.73 Å². The predicted molar refractivity (Wildman–Crippen MR) is 56.7 cm³/mol. The Kier molecular flexibility index (Phi) is 2.35. The Morgan fingerprint density at radius 3 is 2.38 bits per heavy atom. The third kappa shape index (κ3) is 1.54. The Hall–Kier alpha value is -0.650. The Bertz CT molecular complexity index is 326. The highest BCUT2D eigenvalue weighted by Crippen LogP contribution is 2.62. The van der Waals surface area contributed by atoms with Gasteiger partial charge in [0, 0.05) is 0 Å². The second kappa shape index (κ2) is 3.18. The molecule has 0 heterocycles. The van der Waals surface area contributed by atoms with E-state index in [1.54, 1.807) is 6.92 Å². The van der Waals surface area contributed by atoms with Crippen LogP contribution in [0.1, 0.15) is 39.0 Å². The number of rotatable bonds is 3. The topological polar surface area (TPSA) is 104 Å². The molecule has 5 heteroatoms. The molecule has 0 saturated heterocycles. The molecule has 0 radical (unpaired) electrons. The molecule has 0 amide bonds. The van der Waals surface area contributed by atoms with Crippen molar-refractivity contribution in [2.24, 2.45) is 11.1 Å². The zero-order chi connectivity index (χ0) is 12.2. The third-order valence-corrected chi connectivity index (χ3v) is 4.43. The highest BCUT2D eigenvalue weighted by Gasteiger charge is 2.65. The van der Waals surface area contributed by atoms with Gasteiger partial charge >= 0.3 is 5.97 Å². The van der Waals surface area contributed by atoms with Crippen molar-refractivity contribution in [1.29, 1.82) is 0 Å². The first kappa shape index (κ1) is 11.8. The highest BCUT2D eigenvalue weighted by molar-refractivity contribution is 5.73. The number of nitrogens with two attached hydrogens (primary N) is 1. The first-order valence-electron chi connectivity index (χ1n) is 5.63. The monoisotopic (exact) mass is 229 g/mol. The van der Waals surface area contributed by atoms with Crippen molar-refractivity contribution in [2.75, 3.05) is 0 Å². The lowest BCUT2D eigenvalue weighted by Gasteiger charge is -2.38. The van der Waals surface area contributed by atoms with Crippen molar-refractivity contribution in [2.45, 2.75) is 56.3 Å². The van der Waals surface area contributed by atoms with E-state index in [0.29, 0.717) is 25.7 Å². The van der Waals surface area contributed by atoms with Crippen LogP contribution >= 0.6 is 0 Å². The van der Waals surface area contributed by atoms with Crippen molar-refractivity contribution in [1.82, 2.24) is 0 Å². The Balaban J connectivity index is 2.15. The summed E-state index contributed by atoms with van der Waals surface area (Å²) >= 11 is 0. The molecule has 2 fully saturated rings. The van der Waals surface area contributed by atoms with Crippen molar-refractivity contribution in [3.05, 3.63) is 0 Å². The average molecular weight is 229 g/mol. The number of carbonyl (C=O) groups is 1. The average Bonchev–Trinajstić information content (AvgIpc) is 2.51. The first-order valence-corrected chi connectivity index (χ1v) is 5.63. The zero-order valence-corrected chi connectivity index (χ0v) is 9.44. The van der Waals surface area contributed by atoms with Gasteiger partial charge in [-0.2, -0.15) is 0 Å². The first-order chi connectivity index (χ1) is 7.20. The van der Waals surface area contributed by atoms with Crippen molar-refractivity contribution in [3.63, 3.8) is 0 Å². The maximum absolute atomic E-state index is 10.7. The molecule has 0 aromatic carbocycles. The van der Waals surface area contributed by atoms with Gasteiger partial charge in [0.05, 0.1) is 11.2 Å². The van der Waals surface area contributed by atoms with Gasteiger partial charge in [-0.05, 0) is 44.4 Å². The molecule has 92 valence electrons. The molecule has 2 aliphatic carbocycles. The number of carboxylic acid groups (broad SMARTS) is 1. The fourth-order valence-electron chi connectivity index (χ4n) is 3.57. The van der Waals surface area contributed by atoms with Crippen LogP contribution in [0, 0.1) is 5.41 Å². The molecule has 4 atom stereocenters. The maximum atomic E-state index is 10.7. The van der Waals surface area contributed by atoms with Gasteiger partial charge in [0.25, 0.3) is 0 Å². The van der Waals surface area contributed by atoms with Gasteiger partial charge in [-0.25, -0.2) is 0 Å². The minimum atomic E-state index is -1.11. The maximum Gasteiger partial charge on any atom is 0.320 e. The summed E-state index contributed by atoms with van der Waals surface area (Å²) in [6, 6.07) is -0.906. The molecule has 16 heavy (non-hydrogen) atoms. The SMILES string of the molecule is CC1(O)CC2(C[C@H](N)C(=O)O)CCC1(O)C2. The second-order valence-electron chi connectivity index (χ2n) is 5.81. The Morgan fingerprint density at radius 1 is 1.38 bits per heavy atom. The number of hydrogen-bond donors (Lipinski definition) is 4. The van der Waals surface area contributed by atoms with E-state index in [4.69, 9.17) is 10.8 Å². The van der Waals surface area contributed by atoms with Crippen molar-refractivity contribution in [3.8, 4) is 0 Å². The number of aliphatic carboxylic acids is 1. The summed E-state index contributed by atoms with van der Waals surface area (Å²) in [5.41, 5.74) is 3.09. The van der Waals surface area contributed by atoms with Crippen molar-refractivity contribution >= 4 is 5.97 Å². The molecule has 3 unspecified atom stereocenters. The Morgan fingerprint density at radius 2 is 2.00 bits per heavy atom. The molecule has 5 nitrogen and oxygen atoms in total. The van der Waals surface area contributed by atoms with Crippen LogP contribution in [0.2, 0.25) is 0 Å². The minimum absolute atomic E-state index is 0.296. The van der Waals surface area contributed by atoms with Crippen LogP contribution in [0.4, 0.5) is 0 Å². The third-order valence-electron chi connectivity index (χ3n) is 4.43. The number of hydrogen-bond acceptors (Lipinski definition) is 4. The van der Waals surface area contributed by atoms with Gasteiger partial charge in [0.15, 0.2) is 0 Å². The molecular weight excluding hydrogens is 210 g/mol. The summed E-state index contributed by atoms with van der Waals surface area (Å²) < 4.78 is 0. The van der Waals surface area contributed by atoms with Gasteiger partial charge in [-0.1, -0.05) is 0 Å². The number of aliphatic hydroxyl groups is 2. The molecule has 2 saturated carbocycles. The lowest BCUT2D eigenvalue weighted by Crippen LogP contribution is -2.48. The molecule has 2 aliphatic rings. The van der Waals surface area contributed by atoms with Gasteiger partial charge in [-0.3, -0.25) is 4.79 Å². The van der Waals surface area contributed by atoms with Crippen LogP contribution in [-0.2, 0) is 4.79 Å². The van der Waals surface area contributed by atoms with Gasteiger partial charge in [0.1, 0.15) is 6.04 Å². The van der Waals surface area contributed by atoms with E-state index < -0.39 is 23.2 Å². The summed E-state index contributed by atoms with van der Waals surface area (Å²) in [5, 5.41) is 29.2. The fraction of sp³-hybridized carbons (Fsp3) is 0.909. The fourth-order valence-corrected chi connectivity index (χ4v) is 3.57. The van der Waals surface area contributed by atoms with E-state index in [2.05, 4.69) is 0 Å². The predicted octanol–water partition coefficient (Wildman–Crippen LogP) is -0.156. The van der Waals surface area contributed by atoms with E-state index in [9.17, 15) is 15.0 Å². The smallest absolute Gasteiger partial charge is 0.320 e. The van der Waals surface area contributed by atoms with Crippen LogP contribution in [-0.4, -0.2) is 38.5 Å². The summed E-state index contributed by atoms with van der Waals surface area (Å²) in [7, 11) is 0.